The molecule has 0 fully saturated rings. The number of nitrogens with zero attached hydrogens (tertiary/aromatic N) is 3. The van der Waals surface area contributed by atoms with Crippen LogP contribution in [-0.2, 0) is 16.6 Å². The third-order valence-corrected chi connectivity index (χ3v) is 7.01. The largest absolute Gasteiger partial charge is 0.266 e. The van der Waals surface area contributed by atoms with E-state index in [9.17, 15) is 8.42 Å². The minimum Gasteiger partial charge on any atom is -0.266 e. The van der Waals surface area contributed by atoms with Gasteiger partial charge in [-0.25, -0.2) is 8.42 Å². The van der Waals surface area contributed by atoms with Crippen molar-refractivity contribution in [2.75, 3.05) is 13.1 Å². The van der Waals surface area contributed by atoms with E-state index in [-0.39, 0.29) is 0 Å². The van der Waals surface area contributed by atoms with Crippen molar-refractivity contribution in [1.29, 1.82) is 0 Å². The van der Waals surface area contributed by atoms with E-state index in [2.05, 4.69) is 5.10 Å². The van der Waals surface area contributed by atoms with Gasteiger partial charge in [-0.05, 0) is 29.9 Å². The van der Waals surface area contributed by atoms with Crippen LogP contribution in [0.25, 0.3) is 10.6 Å². The number of aromatic nitrogens is 2. The Labute approximate surface area is 165 Å². The Morgan fingerprint density at radius 2 is 1.74 bits per heavy atom. The van der Waals surface area contributed by atoms with Crippen LogP contribution in [0, 0.1) is 0 Å². The van der Waals surface area contributed by atoms with Gasteiger partial charge >= 0.3 is 0 Å². The highest BCUT2D eigenvalue weighted by atomic mass is 32.2. The molecule has 0 amide bonds. The third-order valence-electron chi connectivity index (χ3n) is 4.23. The number of benzene rings is 1. The average Bonchev–Trinajstić information content (AvgIpc) is 3.32. The van der Waals surface area contributed by atoms with Crippen LogP contribution in [0.4, 0.5) is 0 Å². The van der Waals surface area contributed by atoms with Crippen LogP contribution in [0.3, 0.4) is 0 Å². The molecule has 0 saturated carbocycles. The number of rotatable bonds is 9. The fourth-order valence-corrected chi connectivity index (χ4v) is 5.58. The summed E-state index contributed by atoms with van der Waals surface area (Å²) in [6.07, 6.45) is 3.24. The Hall–Kier alpha value is -1.96. The lowest BCUT2D eigenvalue weighted by Gasteiger charge is -2.20. The topological polar surface area (TPSA) is 55.2 Å². The number of thiophene rings is 1. The lowest BCUT2D eigenvalue weighted by Crippen LogP contribution is -2.32. The molecule has 3 rings (SSSR count). The summed E-state index contributed by atoms with van der Waals surface area (Å²) in [5.41, 5.74) is 1.62. The molecule has 0 unspecified atom stereocenters. The predicted octanol–water partition coefficient (Wildman–Crippen LogP) is 4.47. The minimum atomic E-state index is -3.60. The molecule has 2 aromatic heterocycles. The molecule has 3 aromatic rings. The smallest absolute Gasteiger partial charge is 0.246 e. The van der Waals surface area contributed by atoms with Gasteiger partial charge < -0.3 is 0 Å². The van der Waals surface area contributed by atoms with Gasteiger partial charge in [0.15, 0.2) is 0 Å². The molecule has 1 aromatic carbocycles. The van der Waals surface area contributed by atoms with E-state index >= 15 is 0 Å². The quantitative estimate of drug-likeness (QED) is 0.530. The Bertz CT molecular complexity index is 943. The first-order valence-corrected chi connectivity index (χ1v) is 11.5. The zero-order valence-corrected chi connectivity index (χ0v) is 17.3. The fourth-order valence-electron chi connectivity index (χ4n) is 3.02. The first-order chi connectivity index (χ1) is 13.1. The minimum absolute atomic E-state index is 0.294. The van der Waals surface area contributed by atoms with Gasteiger partial charge in [-0.1, -0.05) is 50.2 Å². The molecule has 27 heavy (non-hydrogen) atoms. The van der Waals surface area contributed by atoms with E-state index in [0.29, 0.717) is 30.2 Å². The molecule has 0 atom stereocenters. The van der Waals surface area contributed by atoms with E-state index in [1.807, 2.05) is 61.7 Å². The lowest BCUT2D eigenvalue weighted by atomic mass is 10.2. The predicted molar refractivity (Wildman–Crippen MR) is 110 cm³/mol. The second-order valence-electron chi connectivity index (χ2n) is 6.41. The third kappa shape index (κ3) is 4.48. The van der Waals surface area contributed by atoms with Crippen LogP contribution in [-0.4, -0.2) is 35.6 Å². The van der Waals surface area contributed by atoms with Gasteiger partial charge in [0.05, 0.1) is 11.4 Å². The first-order valence-electron chi connectivity index (χ1n) is 9.21. The molecule has 7 heteroatoms. The zero-order valence-electron chi connectivity index (χ0n) is 15.7. The Morgan fingerprint density at radius 3 is 2.33 bits per heavy atom. The van der Waals surface area contributed by atoms with Gasteiger partial charge in [0.1, 0.15) is 10.6 Å². The van der Waals surface area contributed by atoms with Crippen LogP contribution < -0.4 is 0 Å². The highest BCUT2D eigenvalue weighted by Crippen LogP contribution is 2.31. The monoisotopic (exact) mass is 403 g/mol. The van der Waals surface area contributed by atoms with E-state index in [4.69, 9.17) is 0 Å². The maximum absolute atomic E-state index is 13.4. The lowest BCUT2D eigenvalue weighted by molar-refractivity contribution is 0.410. The first kappa shape index (κ1) is 19.8. The number of sulfonamides is 1. The van der Waals surface area contributed by atoms with Crippen molar-refractivity contribution in [3.63, 3.8) is 0 Å². The second kappa shape index (κ2) is 8.82. The Morgan fingerprint density at radius 1 is 1.04 bits per heavy atom. The standard InChI is InChI=1S/C20H25N3O2S2/c1-3-12-23(13-4-2)27(24,25)19-16-22(15-17-9-6-5-7-10-17)21-20(19)18-11-8-14-26-18/h5-11,14,16H,3-4,12-13,15H2,1-2H3. The molecule has 5 nitrogen and oxygen atoms in total. The zero-order chi connectivity index (χ0) is 19.3. The SMILES string of the molecule is CCCN(CCC)S(=O)(=O)c1cn(Cc2ccccc2)nc1-c1cccs1. The summed E-state index contributed by atoms with van der Waals surface area (Å²) in [7, 11) is -3.60. The van der Waals surface area contributed by atoms with Crippen molar-refractivity contribution in [2.45, 2.75) is 38.1 Å². The molecule has 0 N–H and O–H groups in total. The molecule has 2 heterocycles. The molecule has 0 aliphatic carbocycles. The van der Waals surface area contributed by atoms with Crippen molar-refractivity contribution >= 4 is 21.4 Å². The summed E-state index contributed by atoms with van der Waals surface area (Å²) in [5.74, 6) is 0. The molecule has 0 aliphatic rings. The number of hydrogen-bond donors (Lipinski definition) is 0. The summed E-state index contributed by atoms with van der Waals surface area (Å²) in [6, 6.07) is 13.8. The van der Waals surface area contributed by atoms with Gasteiger partial charge in [0.25, 0.3) is 0 Å². The molecule has 0 radical (unpaired) electrons. The van der Waals surface area contributed by atoms with Gasteiger partial charge in [-0.2, -0.15) is 9.40 Å². The van der Waals surface area contributed by atoms with Crippen LogP contribution >= 0.6 is 11.3 Å². The maximum atomic E-state index is 13.4. The molecule has 144 valence electrons. The van der Waals surface area contributed by atoms with Gasteiger partial charge in [0.2, 0.25) is 10.0 Å². The van der Waals surface area contributed by atoms with Crippen molar-refractivity contribution in [2.24, 2.45) is 0 Å². The van der Waals surface area contributed by atoms with E-state index in [0.717, 1.165) is 23.3 Å². The van der Waals surface area contributed by atoms with E-state index < -0.39 is 10.0 Å². The van der Waals surface area contributed by atoms with Crippen LogP contribution in [0.1, 0.15) is 32.3 Å². The maximum Gasteiger partial charge on any atom is 0.246 e. The molecule has 0 aliphatic heterocycles. The van der Waals surface area contributed by atoms with Gasteiger partial charge in [-0.3, -0.25) is 4.68 Å². The molecular formula is C20H25N3O2S2. The summed E-state index contributed by atoms with van der Waals surface area (Å²) in [5, 5.41) is 6.58. The molecule has 0 spiro atoms. The van der Waals surface area contributed by atoms with Gasteiger partial charge in [0, 0.05) is 19.3 Å². The summed E-state index contributed by atoms with van der Waals surface area (Å²) < 4.78 is 30.0. The average molecular weight is 404 g/mol. The highest BCUT2D eigenvalue weighted by molar-refractivity contribution is 7.89. The fraction of sp³-hybridized carbons (Fsp3) is 0.350. The summed E-state index contributed by atoms with van der Waals surface area (Å²) in [6.45, 7) is 5.57. The van der Waals surface area contributed by atoms with Crippen molar-refractivity contribution in [3.8, 4) is 10.6 Å². The van der Waals surface area contributed by atoms with Crippen LogP contribution in [0.5, 0.6) is 0 Å². The summed E-state index contributed by atoms with van der Waals surface area (Å²) in [4.78, 5) is 1.16. The van der Waals surface area contributed by atoms with Gasteiger partial charge in [-0.15, -0.1) is 11.3 Å². The van der Waals surface area contributed by atoms with E-state index in [1.165, 1.54) is 11.3 Å². The Balaban J connectivity index is 2.04. The van der Waals surface area contributed by atoms with Crippen molar-refractivity contribution in [1.82, 2.24) is 14.1 Å². The Kier molecular flexibility index (Phi) is 6.46. The molecule has 0 saturated heterocycles. The number of hydrogen-bond acceptors (Lipinski definition) is 4. The second-order valence-corrected chi connectivity index (χ2v) is 9.26. The molecular weight excluding hydrogens is 378 g/mol. The normalized spacial score (nSPS) is 12.0. The van der Waals surface area contributed by atoms with Crippen LogP contribution in [0.2, 0.25) is 0 Å². The highest BCUT2D eigenvalue weighted by Gasteiger charge is 2.29. The van der Waals surface area contributed by atoms with Crippen molar-refractivity contribution in [3.05, 3.63) is 59.6 Å². The van der Waals surface area contributed by atoms with Crippen molar-refractivity contribution < 1.29 is 8.42 Å². The van der Waals surface area contributed by atoms with E-state index in [1.54, 1.807) is 15.2 Å². The summed E-state index contributed by atoms with van der Waals surface area (Å²) >= 11 is 1.51. The molecule has 0 bridgehead atoms. The van der Waals surface area contributed by atoms with Crippen LogP contribution in [0.15, 0.2) is 58.9 Å².